The molecule has 40 heavy (non-hydrogen) atoms. The van der Waals surface area contributed by atoms with Gasteiger partial charge in [0.25, 0.3) is 21.6 Å². The lowest BCUT2D eigenvalue weighted by molar-refractivity contribution is -0.384. The molecule has 0 radical (unpaired) electrons. The van der Waals surface area contributed by atoms with Gasteiger partial charge in [0, 0.05) is 41.5 Å². The van der Waals surface area contributed by atoms with Crippen LogP contribution in [0.1, 0.15) is 5.56 Å². The van der Waals surface area contributed by atoms with Crippen molar-refractivity contribution in [1.82, 2.24) is 5.43 Å². The third-order valence-electron chi connectivity index (χ3n) is 5.99. The van der Waals surface area contributed by atoms with Gasteiger partial charge in [-0.05, 0) is 36.4 Å². The molecule has 1 heterocycles. The second-order valence-electron chi connectivity index (χ2n) is 8.53. The summed E-state index contributed by atoms with van der Waals surface area (Å²) in [5.74, 6) is -0.580. The number of rotatable bonds is 10. The zero-order chi connectivity index (χ0) is 28.7. The predicted octanol–water partition coefficient (Wildman–Crippen LogP) is 3.44. The number of hydrogen-bond acceptors (Lipinski definition) is 9. The van der Waals surface area contributed by atoms with Gasteiger partial charge in [0.1, 0.15) is 12.3 Å². The van der Waals surface area contributed by atoms with E-state index in [0.717, 1.165) is 4.31 Å². The number of amides is 1. The first-order valence-corrected chi connectivity index (χ1v) is 13.9. The number of benzene rings is 3. The normalized spacial score (nSPS) is 13.7. The molecule has 12 nitrogen and oxygen atoms in total. The molecule has 1 amide bonds. The van der Waals surface area contributed by atoms with Crippen LogP contribution >= 0.6 is 11.6 Å². The number of nitro benzene ring substituents is 1. The van der Waals surface area contributed by atoms with Crippen LogP contribution in [-0.2, 0) is 19.6 Å². The van der Waals surface area contributed by atoms with E-state index in [9.17, 15) is 23.3 Å². The Labute approximate surface area is 235 Å². The number of nitrogens with zero attached hydrogens (tertiary/aromatic N) is 4. The minimum Gasteiger partial charge on any atom is -0.495 e. The quantitative estimate of drug-likeness (QED) is 0.216. The van der Waals surface area contributed by atoms with Gasteiger partial charge in [-0.3, -0.25) is 19.2 Å². The standard InChI is InChI=1S/C26H26ClN5O7S/c1-38-25-10-7-20(27)16-24(25)31(40(36,37)22-5-3-2-4-6-22)18-26(33)29-28-17-19-15-21(32(34)35)8-9-23(19)30-11-13-39-14-12-30/h2-10,15-17H,11-14,18H2,1H3,(H,29,33)/b28-17-. The number of sulfonamides is 1. The molecular weight excluding hydrogens is 562 g/mol. The molecule has 3 aromatic rings. The van der Waals surface area contributed by atoms with Crippen molar-refractivity contribution < 1.29 is 27.6 Å². The van der Waals surface area contributed by atoms with Gasteiger partial charge in [-0.25, -0.2) is 13.8 Å². The summed E-state index contributed by atoms with van der Waals surface area (Å²) in [5.41, 5.74) is 3.33. The highest BCUT2D eigenvalue weighted by molar-refractivity contribution is 7.92. The van der Waals surface area contributed by atoms with E-state index >= 15 is 0 Å². The molecule has 1 aliphatic rings. The summed E-state index contributed by atoms with van der Waals surface area (Å²) in [6.07, 6.45) is 1.28. The van der Waals surface area contributed by atoms with Crippen LogP contribution in [0.4, 0.5) is 17.1 Å². The first kappa shape index (κ1) is 28.8. The van der Waals surface area contributed by atoms with Crippen molar-refractivity contribution in [1.29, 1.82) is 0 Å². The SMILES string of the molecule is COc1ccc(Cl)cc1N(CC(=O)N/N=C\c1cc([N+](=O)[O-])ccc1N1CCOCC1)S(=O)(=O)c1ccccc1. The van der Waals surface area contributed by atoms with Crippen molar-refractivity contribution in [2.75, 3.05) is 49.2 Å². The maximum atomic E-state index is 13.6. The molecule has 210 valence electrons. The van der Waals surface area contributed by atoms with E-state index in [2.05, 4.69) is 10.5 Å². The van der Waals surface area contributed by atoms with Gasteiger partial charge in [0.15, 0.2) is 0 Å². The predicted molar refractivity (Wildman–Crippen MR) is 151 cm³/mol. The van der Waals surface area contributed by atoms with Crippen LogP contribution in [0.15, 0.2) is 76.7 Å². The molecule has 4 rings (SSSR count). The van der Waals surface area contributed by atoms with Crippen molar-refractivity contribution in [3.05, 3.63) is 87.4 Å². The van der Waals surface area contributed by atoms with Crippen LogP contribution in [0.2, 0.25) is 5.02 Å². The first-order valence-electron chi connectivity index (χ1n) is 12.0. The van der Waals surface area contributed by atoms with E-state index in [1.807, 2.05) is 4.90 Å². The van der Waals surface area contributed by atoms with Gasteiger partial charge >= 0.3 is 0 Å². The molecule has 0 aliphatic carbocycles. The molecule has 0 unspecified atom stereocenters. The monoisotopic (exact) mass is 587 g/mol. The number of methoxy groups -OCH3 is 1. The molecule has 0 aromatic heterocycles. The van der Waals surface area contributed by atoms with Gasteiger partial charge in [-0.1, -0.05) is 29.8 Å². The van der Waals surface area contributed by atoms with E-state index in [1.54, 1.807) is 24.3 Å². The Kier molecular flexibility index (Phi) is 9.19. The van der Waals surface area contributed by atoms with E-state index in [1.165, 1.54) is 55.8 Å². The third-order valence-corrected chi connectivity index (χ3v) is 8.00. The topological polar surface area (TPSA) is 144 Å². The number of hydrogen-bond donors (Lipinski definition) is 1. The number of anilines is 2. The van der Waals surface area contributed by atoms with E-state index in [4.69, 9.17) is 21.1 Å². The van der Waals surface area contributed by atoms with Crippen molar-refractivity contribution in [2.45, 2.75) is 4.90 Å². The lowest BCUT2D eigenvalue weighted by Gasteiger charge is -2.29. The summed E-state index contributed by atoms with van der Waals surface area (Å²) >= 11 is 6.15. The smallest absolute Gasteiger partial charge is 0.270 e. The van der Waals surface area contributed by atoms with Crippen LogP contribution in [-0.4, -0.2) is 65.4 Å². The maximum absolute atomic E-state index is 13.6. The largest absolute Gasteiger partial charge is 0.495 e. The molecule has 0 atom stereocenters. The molecule has 14 heteroatoms. The Morgan fingerprint density at radius 2 is 1.90 bits per heavy atom. The van der Waals surface area contributed by atoms with Gasteiger partial charge in [0.2, 0.25) is 0 Å². The first-order chi connectivity index (χ1) is 19.2. The van der Waals surface area contributed by atoms with Gasteiger partial charge in [-0.2, -0.15) is 5.10 Å². The Morgan fingerprint density at radius 3 is 2.58 bits per heavy atom. The van der Waals surface area contributed by atoms with Crippen LogP contribution in [0.5, 0.6) is 5.75 Å². The minimum atomic E-state index is -4.22. The summed E-state index contributed by atoms with van der Waals surface area (Å²) < 4.78 is 38.8. The molecule has 0 saturated carbocycles. The van der Waals surface area contributed by atoms with E-state index in [-0.39, 0.29) is 27.0 Å². The summed E-state index contributed by atoms with van der Waals surface area (Å²) in [4.78, 5) is 25.8. The maximum Gasteiger partial charge on any atom is 0.270 e. The minimum absolute atomic E-state index is 0.0416. The van der Waals surface area contributed by atoms with Gasteiger partial charge in [-0.15, -0.1) is 0 Å². The summed E-state index contributed by atoms with van der Waals surface area (Å²) in [6.45, 7) is 1.51. The average molecular weight is 588 g/mol. The Hall–Kier alpha value is -4.20. The fourth-order valence-electron chi connectivity index (χ4n) is 4.07. The van der Waals surface area contributed by atoms with Crippen LogP contribution in [0.25, 0.3) is 0 Å². The van der Waals surface area contributed by atoms with Gasteiger partial charge in [0.05, 0.1) is 42.0 Å². The fraction of sp³-hybridized carbons (Fsp3) is 0.231. The highest BCUT2D eigenvalue weighted by Gasteiger charge is 2.29. The van der Waals surface area contributed by atoms with Crippen molar-refractivity contribution >= 4 is 50.8 Å². The number of hydrazone groups is 1. The Bertz CT molecular complexity index is 1510. The molecule has 0 spiro atoms. The lowest BCUT2D eigenvalue weighted by Crippen LogP contribution is -2.39. The molecule has 1 aliphatic heterocycles. The second kappa shape index (κ2) is 12.8. The van der Waals surface area contributed by atoms with Crippen molar-refractivity contribution in [3.8, 4) is 5.75 Å². The van der Waals surface area contributed by atoms with Crippen molar-refractivity contribution in [3.63, 3.8) is 0 Å². The van der Waals surface area contributed by atoms with Crippen LogP contribution in [0.3, 0.4) is 0 Å². The Balaban J connectivity index is 1.61. The molecule has 0 bridgehead atoms. The number of carbonyl (C=O) groups is 1. The number of non-ortho nitro benzene ring substituents is 1. The zero-order valence-electron chi connectivity index (χ0n) is 21.4. The molecule has 1 saturated heterocycles. The van der Waals surface area contributed by atoms with Crippen molar-refractivity contribution in [2.24, 2.45) is 5.10 Å². The highest BCUT2D eigenvalue weighted by Crippen LogP contribution is 2.34. The summed E-state index contributed by atoms with van der Waals surface area (Å²) in [7, 11) is -2.85. The number of nitrogens with one attached hydrogen (secondary N) is 1. The zero-order valence-corrected chi connectivity index (χ0v) is 23.0. The molecule has 3 aromatic carbocycles. The second-order valence-corrected chi connectivity index (χ2v) is 10.8. The molecule has 1 N–H and O–H groups in total. The number of ether oxygens (including phenoxy) is 2. The molecular formula is C26H26ClN5O7S. The van der Waals surface area contributed by atoms with Crippen LogP contribution in [0, 0.1) is 10.1 Å². The number of halogens is 1. The van der Waals surface area contributed by atoms with Gasteiger partial charge < -0.3 is 14.4 Å². The van der Waals surface area contributed by atoms with E-state index < -0.39 is 27.4 Å². The number of morpholine rings is 1. The van der Waals surface area contributed by atoms with E-state index in [0.29, 0.717) is 37.6 Å². The molecule has 1 fully saturated rings. The lowest BCUT2D eigenvalue weighted by atomic mass is 10.1. The average Bonchev–Trinajstić information content (AvgIpc) is 2.96. The fourth-order valence-corrected chi connectivity index (χ4v) is 5.68. The third kappa shape index (κ3) is 6.68. The Morgan fingerprint density at radius 1 is 1.18 bits per heavy atom. The number of carbonyl (C=O) groups excluding carboxylic acids is 1. The summed E-state index contributed by atoms with van der Waals surface area (Å²) in [5, 5.41) is 15.6. The summed E-state index contributed by atoms with van der Waals surface area (Å²) in [6, 6.07) is 16.4. The van der Waals surface area contributed by atoms with Crippen LogP contribution < -0.4 is 19.4 Å². The number of nitro groups is 1. The highest BCUT2D eigenvalue weighted by atomic mass is 35.5.